The number of aliphatic hydroxyl groups excluding tert-OH is 1. The van der Waals surface area contributed by atoms with Gasteiger partial charge in [0.1, 0.15) is 0 Å². The normalized spacial score (nSPS) is 23.8. The van der Waals surface area contributed by atoms with E-state index in [1.807, 2.05) is 0 Å². The Balaban J connectivity index is 1.56. The Morgan fingerprint density at radius 1 is 1.17 bits per heavy atom. The molecule has 3 rings (SSSR count). The van der Waals surface area contributed by atoms with E-state index in [0.717, 1.165) is 32.5 Å². The first-order chi connectivity index (χ1) is 8.81. The number of rotatable bonds is 3. The van der Waals surface area contributed by atoms with Crippen molar-refractivity contribution in [2.75, 3.05) is 13.1 Å². The van der Waals surface area contributed by atoms with E-state index in [2.05, 4.69) is 21.8 Å². The van der Waals surface area contributed by atoms with Gasteiger partial charge in [-0.15, -0.1) is 0 Å². The lowest BCUT2D eigenvalue weighted by Crippen LogP contribution is -2.35. The van der Waals surface area contributed by atoms with E-state index < -0.39 is 0 Å². The molecular formula is C14H23N3O. The second-order valence-corrected chi connectivity index (χ2v) is 5.73. The molecule has 4 nitrogen and oxygen atoms in total. The standard InChI is InChI=1S/C14H23N3O/c18-14-6-8-16(9-7-14)11-12-5-10-17(15-12)13-3-1-2-4-13/h5,10,13-14,18H,1-4,6-9,11H2. The lowest BCUT2D eigenvalue weighted by atomic mass is 10.1. The van der Waals surface area contributed by atoms with Gasteiger partial charge in [-0.1, -0.05) is 12.8 Å². The fourth-order valence-electron chi connectivity index (χ4n) is 3.14. The number of likely N-dealkylation sites (tertiary alicyclic amines) is 1. The number of nitrogens with zero attached hydrogens (tertiary/aromatic N) is 3. The van der Waals surface area contributed by atoms with Crippen LogP contribution in [0.5, 0.6) is 0 Å². The van der Waals surface area contributed by atoms with Gasteiger partial charge < -0.3 is 5.11 Å². The first-order valence-corrected chi connectivity index (χ1v) is 7.26. The maximum absolute atomic E-state index is 9.49. The Kier molecular flexibility index (Phi) is 3.66. The van der Waals surface area contributed by atoms with Crippen molar-refractivity contribution >= 4 is 0 Å². The van der Waals surface area contributed by atoms with E-state index in [4.69, 9.17) is 5.10 Å². The van der Waals surface area contributed by atoms with Gasteiger partial charge in [0.25, 0.3) is 0 Å². The molecule has 0 bridgehead atoms. The quantitative estimate of drug-likeness (QED) is 0.890. The molecule has 18 heavy (non-hydrogen) atoms. The first kappa shape index (κ1) is 12.2. The summed E-state index contributed by atoms with van der Waals surface area (Å²) in [6.45, 7) is 2.93. The Morgan fingerprint density at radius 2 is 1.89 bits per heavy atom. The van der Waals surface area contributed by atoms with Gasteiger partial charge in [0.05, 0.1) is 17.8 Å². The van der Waals surface area contributed by atoms with Gasteiger partial charge in [0.15, 0.2) is 0 Å². The summed E-state index contributed by atoms with van der Waals surface area (Å²) in [6, 6.07) is 2.80. The van der Waals surface area contributed by atoms with E-state index in [1.54, 1.807) is 0 Å². The minimum absolute atomic E-state index is 0.0858. The molecule has 100 valence electrons. The number of aliphatic hydroxyl groups is 1. The Bertz CT molecular complexity index is 376. The molecule has 0 unspecified atom stereocenters. The third-order valence-electron chi connectivity index (χ3n) is 4.31. The van der Waals surface area contributed by atoms with Crippen LogP contribution >= 0.6 is 0 Å². The number of aromatic nitrogens is 2. The van der Waals surface area contributed by atoms with Gasteiger partial charge in [-0.05, 0) is 31.7 Å². The highest BCUT2D eigenvalue weighted by atomic mass is 16.3. The molecule has 1 saturated heterocycles. The van der Waals surface area contributed by atoms with Crippen molar-refractivity contribution in [3.63, 3.8) is 0 Å². The van der Waals surface area contributed by atoms with Crippen LogP contribution < -0.4 is 0 Å². The zero-order chi connectivity index (χ0) is 12.4. The van der Waals surface area contributed by atoms with Crippen molar-refractivity contribution in [1.82, 2.24) is 14.7 Å². The zero-order valence-electron chi connectivity index (χ0n) is 11.0. The van der Waals surface area contributed by atoms with E-state index in [9.17, 15) is 5.11 Å². The minimum atomic E-state index is -0.0858. The van der Waals surface area contributed by atoms with E-state index in [0.29, 0.717) is 6.04 Å². The highest BCUT2D eigenvalue weighted by molar-refractivity contribution is 5.00. The Labute approximate surface area is 109 Å². The fourth-order valence-corrected chi connectivity index (χ4v) is 3.14. The molecule has 1 aromatic heterocycles. The van der Waals surface area contributed by atoms with Crippen LogP contribution in [-0.2, 0) is 6.54 Å². The first-order valence-electron chi connectivity index (χ1n) is 7.26. The molecule has 0 amide bonds. The molecule has 0 spiro atoms. The van der Waals surface area contributed by atoms with Crippen molar-refractivity contribution < 1.29 is 5.11 Å². The second kappa shape index (κ2) is 5.41. The van der Waals surface area contributed by atoms with Crippen LogP contribution in [0.2, 0.25) is 0 Å². The van der Waals surface area contributed by atoms with Crippen molar-refractivity contribution in [2.24, 2.45) is 0 Å². The minimum Gasteiger partial charge on any atom is -0.393 e. The topological polar surface area (TPSA) is 41.3 Å². The fraction of sp³-hybridized carbons (Fsp3) is 0.786. The van der Waals surface area contributed by atoms with Crippen molar-refractivity contribution in [3.05, 3.63) is 18.0 Å². The molecule has 2 heterocycles. The van der Waals surface area contributed by atoms with Crippen molar-refractivity contribution in [1.29, 1.82) is 0 Å². The molecule has 0 aromatic carbocycles. The smallest absolute Gasteiger partial charge is 0.0764 e. The zero-order valence-corrected chi connectivity index (χ0v) is 11.0. The summed E-state index contributed by atoms with van der Waals surface area (Å²) in [5.41, 5.74) is 1.18. The lowest BCUT2D eigenvalue weighted by Gasteiger charge is -2.28. The summed E-state index contributed by atoms with van der Waals surface area (Å²) < 4.78 is 2.17. The molecule has 0 radical (unpaired) electrons. The monoisotopic (exact) mass is 249 g/mol. The van der Waals surface area contributed by atoms with Crippen LogP contribution in [0, 0.1) is 0 Å². The lowest BCUT2D eigenvalue weighted by molar-refractivity contribution is 0.0785. The number of hydrogen-bond acceptors (Lipinski definition) is 3. The molecule has 0 atom stereocenters. The van der Waals surface area contributed by atoms with Crippen LogP contribution in [0.25, 0.3) is 0 Å². The number of hydrogen-bond donors (Lipinski definition) is 1. The van der Waals surface area contributed by atoms with Gasteiger partial charge in [0, 0.05) is 25.8 Å². The van der Waals surface area contributed by atoms with E-state index in [1.165, 1.54) is 31.4 Å². The Morgan fingerprint density at radius 3 is 2.61 bits per heavy atom. The predicted octanol–water partition coefficient (Wildman–Crippen LogP) is 1.95. The third-order valence-corrected chi connectivity index (χ3v) is 4.31. The van der Waals surface area contributed by atoms with Gasteiger partial charge >= 0.3 is 0 Å². The van der Waals surface area contributed by atoms with Gasteiger partial charge in [-0.2, -0.15) is 5.10 Å². The predicted molar refractivity (Wildman–Crippen MR) is 70.2 cm³/mol. The van der Waals surface area contributed by atoms with Crippen LogP contribution in [0.15, 0.2) is 12.3 Å². The van der Waals surface area contributed by atoms with Gasteiger partial charge in [-0.3, -0.25) is 9.58 Å². The third kappa shape index (κ3) is 2.75. The average molecular weight is 249 g/mol. The van der Waals surface area contributed by atoms with Gasteiger partial charge in [0.2, 0.25) is 0 Å². The number of piperidine rings is 1. The summed E-state index contributed by atoms with van der Waals surface area (Å²) in [7, 11) is 0. The maximum atomic E-state index is 9.49. The summed E-state index contributed by atoms with van der Waals surface area (Å²) >= 11 is 0. The highest BCUT2D eigenvalue weighted by Gasteiger charge is 2.20. The molecule has 1 saturated carbocycles. The molecular weight excluding hydrogens is 226 g/mol. The highest BCUT2D eigenvalue weighted by Crippen LogP contribution is 2.28. The molecule has 4 heteroatoms. The van der Waals surface area contributed by atoms with E-state index >= 15 is 0 Å². The van der Waals surface area contributed by atoms with Gasteiger partial charge in [-0.25, -0.2) is 0 Å². The summed E-state index contributed by atoms with van der Waals surface area (Å²) in [5.74, 6) is 0. The van der Waals surface area contributed by atoms with Crippen molar-refractivity contribution in [3.8, 4) is 0 Å². The Hall–Kier alpha value is -0.870. The molecule has 2 fully saturated rings. The molecule has 1 aromatic rings. The summed E-state index contributed by atoms with van der Waals surface area (Å²) in [6.07, 6.45) is 9.15. The SMILES string of the molecule is OC1CCN(Cc2ccn(C3CCCC3)n2)CC1. The van der Waals surface area contributed by atoms with Crippen molar-refractivity contribution in [2.45, 2.75) is 57.2 Å². The summed E-state index contributed by atoms with van der Waals surface area (Å²) in [5, 5.41) is 14.2. The van der Waals surface area contributed by atoms with Crippen LogP contribution in [-0.4, -0.2) is 39.0 Å². The summed E-state index contributed by atoms with van der Waals surface area (Å²) in [4.78, 5) is 2.40. The average Bonchev–Trinajstić information content (AvgIpc) is 3.02. The molecule has 1 aliphatic heterocycles. The van der Waals surface area contributed by atoms with E-state index in [-0.39, 0.29) is 6.10 Å². The maximum Gasteiger partial charge on any atom is 0.0764 e. The van der Waals surface area contributed by atoms with Crippen LogP contribution in [0.3, 0.4) is 0 Å². The van der Waals surface area contributed by atoms with Crippen LogP contribution in [0.1, 0.15) is 50.3 Å². The van der Waals surface area contributed by atoms with Crippen LogP contribution in [0.4, 0.5) is 0 Å². The molecule has 2 aliphatic rings. The second-order valence-electron chi connectivity index (χ2n) is 5.73. The largest absolute Gasteiger partial charge is 0.393 e. The molecule has 1 aliphatic carbocycles. The molecule has 1 N–H and O–H groups in total.